The number of unbranched alkanes of at least 4 members (excludes halogenated alkanes) is 1. The van der Waals surface area contributed by atoms with Crippen molar-refractivity contribution in [3.8, 4) is 0 Å². The molecule has 6 nitrogen and oxygen atoms in total. The first-order chi connectivity index (χ1) is 7.56. The van der Waals surface area contributed by atoms with E-state index in [1.807, 2.05) is 6.92 Å². The Morgan fingerprint density at radius 2 is 2.00 bits per heavy atom. The summed E-state index contributed by atoms with van der Waals surface area (Å²) in [6, 6.07) is -0.909. The summed E-state index contributed by atoms with van der Waals surface area (Å²) in [4.78, 5) is 33.2. The molecule has 16 heavy (non-hydrogen) atoms. The second-order valence-electron chi connectivity index (χ2n) is 3.51. The van der Waals surface area contributed by atoms with Gasteiger partial charge in [-0.3, -0.25) is 14.4 Å². The molecule has 0 saturated carbocycles. The molecule has 0 spiro atoms. The molecular formula is C10H14N2O4. The predicted molar refractivity (Wildman–Crippen MR) is 55.1 cm³/mol. The molecule has 88 valence electrons. The van der Waals surface area contributed by atoms with Crippen molar-refractivity contribution in [2.24, 2.45) is 0 Å². The van der Waals surface area contributed by atoms with Gasteiger partial charge >= 0.3 is 5.97 Å². The molecule has 0 aromatic carbocycles. The van der Waals surface area contributed by atoms with Crippen LogP contribution in [0.25, 0.3) is 0 Å². The number of carboxylic acid groups (broad SMARTS) is 1. The van der Waals surface area contributed by atoms with Crippen molar-refractivity contribution in [2.75, 3.05) is 0 Å². The Bertz CT molecular complexity index is 320. The van der Waals surface area contributed by atoms with Crippen LogP contribution in [0.3, 0.4) is 0 Å². The van der Waals surface area contributed by atoms with E-state index < -0.39 is 23.8 Å². The largest absolute Gasteiger partial charge is 0.480 e. The minimum atomic E-state index is -1.07. The number of nitrogens with zero attached hydrogens (tertiary/aromatic N) is 1. The molecule has 1 rings (SSSR count). The minimum absolute atomic E-state index is 0.378. The fraction of sp³-hybridized carbons (Fsp3) is 0.500. The molecule has 2 N–H and O–H groups in total. The third-order valence-electron chi connectivity index (χ3n) is 2.24. The Kier molecular flexibility index (Phi) is 4.19. The van der Waals surface area contributed by atoms with Crippen molar-refractivity contribution in [3.05, 3.63) is 12.2 Å². The Labute approximate surface area is 92.9 Å². The van der Waals surface area contributed by atoms with Gasteiger partial charge < -0.3 is 5.11 Å². The Morgan fingerprint density at radius 1 is 1.44 bits per heavy atom. The molecular weight excluding hydrogens is 212 g/mol. The number of amides is 2. The lowest BCUT2D eigenvalue weighted by atomic mass is 10.1. The summed E-state index contributed by atoms with van der Waals surface area (Å²) in [7, 11) is 0. The average Bonchev–Trinajstić information content (AvgIpc) is 2.54. The van der Waals surface area contributed by atoms with Gasteiger partial charge in [0, 0.05) is 12.2 Å². The molecule has 0 aliphatic carbocycles. The van der Waals surface area contributed by atoms with Crippen molar-refractivity contribution in [3.63, 3.8) is 0 Å². The quantitative estimate of drug-likeness (QED) is 0.625. The van der Waals surface area contributed by atoms with E-state index in [2.05, 4.69) is 5.43 Å². The molecule has 1 aliphatic heterocycles. The zero-order chi connectivity index (χ0) is 12.1. The molecule has 0 fully saturated rings. The van der Waals surface area contributed by atoms with E-state index in [9.17, 15) is 14.4 Å². The number of imide groups is 1. The first-order valence-corrected chi connectivity index (χ1v) is 5.11. The maximum absolute atomic E-state index is 11.2. The van der Waals surface area contributed by atoms with Gasteiger partial charge in [0.2, 0.25) is 0 Å². The topological polar surface area (TPSA) is 86.7 Å². The van der Waals surface area contributed by atoms with E-state index in [0.717, 1.165) is 23.6 Å². The van der Waals surface area contributed by atoms with Crippen LogP contribution >= 0.6 is 0 Å². The number of nitrogens with one attached hydrogen (secondary N) is 1. The molecule has 0 aromatic rings. The van der Waals surface area contributed by atoms with Crippen LogP contribution in [0.1, 0.15) is 26.2 Å². The molecule has 0 aromatic heterocycles. The van der Waals surface area contributed by atoms with Crippen LogP contribution in [0, 0.1) is 0 Å². The highest BCUT2D eigenvalue weighted by atomic mass is 16.4. The van der Waals surface area contributed by atoms with Gasteiger partial charge in [-0.1, -0.05) is 19.8 Å². The van der Waals surface area contributed by atoms with Crippen molar-refractivity contribution < 1.29 is 19.5 Å². The molecule has 1 aliphatic rings. The summed E-state index contributed by atoms with van der Waals surface area (Å²) >= 11 is 0. The first kappa shape index (κ1) is 12.4. The van der Waals surface area contributed by atoms with Gasteiger partial charge in [-0.15, -0.1) is 0 Å². The number of hydrogen-bond acceptors (Lipinski definition) is 4. The van der Waals surface area contributed by atoms with E-state index >= 15 is 0 Å². The second kappa shape index (κ2) is 5.41. The standard InChI is InChI=1S/C10H14N2O4/c1-2-3-4-7(10(15)16)11-12-8(13)5-6-9(12)14/h5-7,11H,2-4H2,1H3,(H,15,16). The van der Waals surface area contributed by atoms with Crippen molar-refractivity contribution in [1.82, 2.24) is 10.4 Å². The second-order valence-corrected chi connectivity index (χ2v) is 3.51. The monoisotopic (exact) mass is 226 g/mol. The van der Waals surface area contributed by atoms with Crippen LogP contribution < -0.4 is 5.43 Å². The maximum Gasteiger partial charge on any atom is 0.322 e. The summed E-state index contributed by atoms with van der Waals surface area (Å²) in [5, 5.41) is 9.63. The van der Waals surface area contributed by atoms with Gasteiger partial charge in [0.15, 0.2) is 0 Å². The number of aliphatic carboxylic acids is 1. The Balaban J connectivity index is 2.58. The lowest BCUT2D eigenvalue weighted by Gasteiger charge is -2.20. The van der Waals surface area contributed by atoms with Gasteiger partial charge in [-0.25, -0.2) is 10.4 Å². The van der Waals surface area contributed by atoms with Crippen LogP contribution in [0.4, 0.5) is 0 Å². The fourth-order valence-electron chi connectivity index (χ4n) is 1.33. The van der Waals surface area contributed by atoms with Gasteiger partial charge in [0.1, 0.15) is 6.04 Å². The smallest absolute Gasteiger partial charge is 0.322 e. The highest BCUT2D eigenvalue weighted by molar-refractivity contribution is 6.12. The Morgan fingerprint density at radius 3 is 2.44 bits per heavy atom. The molecule has 1 atom stereocenters. The van der Waals surface area contributed by atoms with Crippen LogP contribution in [0.5, 0.6) is 0 Å². The number of carbonyl (C=O) groups is 3. The Hall–Kier alpha value is -1.69. The average molecular weight is 226 g/mol. The lowest BCUT2D eigenvalue weighted by molar-refractivity contribution is -0.146. The summed E-state index contributed by atoms with van der Waals surface area (Å²) in [5.74, 6) is -2.14. The summed E-state index contributed by atoms with van der Waals surface area (Å²) in [6.07, 6.45) is 4.16. The normalized spacial score (nSPS) is 16.9. The van der Waals surface area contributed by atoms with Crippen LogP contribution in [0.15, 0.2) is 12.2 Å². The number of hydrazine groups is 1. The summed E-state index contributed by atoms with van der Waals surface area (Å²) < 4.78 is 0. The van der Waals surface area contributed by atoms with Crippen molar-refractivity contribution >= 4 is 17.8 Å². The minimum Gasteiger partial charge on any atom is -0.480 e. The molecule has 0 radical (unpaired) electrons. The van der Waals surface area contributed by atoms with Gasteiger partial charge in [0.05, 0.1) is 0 Å². The van der Waals surface area contributed by atoms with Crippen LogP contribution in [-0.2, 0) is 14.4 Å². The van der Waals surface area contributed by atoms with Crippen molar-refractivity contribution in [1.29, 1.82) is 0 Å². The van der Waals surface area contributed by atoms with E-state index in [0.29, 0.717) is 12.8 Å². The maximum atomic E-state index is 11.2. The van der Waals surface area contributed by atoms with Gasteiger partial charge in [-0.05, 0) is 6.42 Å². The molecule has 6 heteroatoms. The molecule has 2 amide bonds. The zero-order valence-corrected chi connectivity index (χ0v) is 8.97. The lowest BCUT2D eigenvalue weighted by Crippen LogP contribution is -2.51. The number of carbonyl (C=O) groups excluding carboxylic acids is 2. The summed E-state index contributed by atoms with van der Waals surface area (Å²) in [6.45, 7) is 1.94. The molecule has 0 bridgehead atoms. The summed E-state index contributed by atoms with van der Waals surface area (Å²) in [5.41, 5.74) is 2.42. The van der Waals surface area contributed by atoms with E-state index in [1.165, 1.54) is 0 Å². The third kappa shape index (κ3) is 2.90. The molecule has 1 heterocycles. The van der Waals surface area contributed by atoms with E-state index in [-0.39, 0.29) is 0 Å². The fourth-order valence-corrected chi connectivity index (χ4v) is 1.33. The molecule has 1 unspecified atom stereocenters. The van der Waals surface area contributed by atoms with Crippen molar-refractivity contribution in [2.45, 2.75) is 32.2 Å². The number of rotatable bonds is 6. The zero-order valence-electron chi connectivity index (χ0n) is 8.97. The van der Waals surface area contributed by atoms with E-state index in [4.69, 9.17) is 5.11 Å². The predicted octanol–water partition coefficient (Wildman–Crippen LogP) is 0.0594. The van der Waals surface area contributed by atoms with Gasteiger partial charge in [-0.2, -0.15) is 0 Å². The molecule has 0 saturated heterocycles. The van der Waals surface area contributed by atoms with E-state index in [1.54, 1.807) is 0 Å². The number of carboxylic acids is 1. The number of hydrogen-bond donors (Lipinski definition) is 2. The first-order valence-electron chi connectivity index (χ1n) is 5.11. The third-order valence-corrected chi connectivity index (χ3v) is 2.24. The highest BCUT2D eigenvalue weighted by Gasteiger charge is 2.28. The van der Waals surface area contributed by atoms with Gasteiger partial charge in [0.25, 0.3) is 11.8 Å². The van der Waals surface area contributed by atoms with Crippen LogP contribution in [0.2, 0.25) is 0 Å². The highest BCUT2D eigenvalue weighted by Crippen LogP contribution is 2.05. The SMILES string of the molecule is CCCCC(NN1C(=O)C=CC1=O)C(=O)O. The van der Waals surface area contributed by atoms with Crippen LogP contribution in [-0.4, -0.2) is 33.9 Å².